The maximum absolute atomic E-state index is 12.6. The lowest BCUT2D eigenvalue weighted by atomic mass is 10.2. The zero-order valence-corrected chi connectivity index (χ0v) is 16.4. The van der Waals surface area contributed by atoms with E-state index in [-0.39, 0.29) is 18.1 Å². The van der Waals surface area contributed by atoms with Crippen LogP contribution in [0.2, 0.25) is 5.02 Å². The lowest BCUT2D eigenvalue weighted by Gasteiger charge is -2.34. The van der Waals surface area contributed by atoms with E-state index in [1.54, 1.807) is 4.90 Å². The van der Waals surface area contributed by atoms with Crippen molar-refractivity contribution in [2.75, 3.05) is 26.2 Å². The summed E-state index contributed by atoms with van der Waals surface area (Å²) >= 11 is 6.19. The van der Waals surface area contributed by atoms with Crippen LogP contribution in [0.5, 0.6) is 0 Å². The molecule has 1 aromatic carbocycles. The fourth-order valence-corrected chi connectivity index (χ4v) is 3.46. The van der Waals surface area contributed by atoms with Crippen molar-refractivity contribution in [2.45, 2.75) is 20.0 Å². The summed E-state index contributed by atoms with van der Waals surface area (Å²) in [5, 5.41) is 26.4. The maximum Gasteiger partial charge on any atom is 0.468 e. The molecule has 1 amide bonds. The Morgan fingerprint density at radius 1 is 1.14 bits per heavy atom. The molecule has 3 rings (SSSR count). The van der Waals surface area contributed by atoms with E-state index in [4.69, 9.17) is 11.6 Å². The summed E-state index contributed by atoms with van der Waals surface area (Å²) in [4.78, 5) is 36.7. The summed E-state index contributed by atoms with van der Waals surface area (Å²) in [7, 11) is 0. The van der Waals surface area contributed by atoms with Gasteiger partial charge in [-0.1, -0.05) is 29.8 Å². The summed E-state index contributed by atoms with van der Waals surface area (Å²) in [6, 6.07) is 7.59. The molecular weight excluding hydrogens is 404 g/mol. The molecule has 0 saturated carbocycles. The molecule has 1 aliphatic rings. The van der Waals surface area contributed by atoms with Gasteiger partial charge in [0.05, 0.1) is 10.0 Å². The third-order valence-electron chi connectivity index (χ3n) is 4.87. The molecule has 0 bridgehead atoms. The van der Waals surface area contributed by atoms with Crippen molar-refractivity contribution in [3.63, 3.8) is 0 Å². The Labute approximate surface area is 170 Å². The number of carbonyl (C=O) groups excluding carboxylic acids is 1. The molecule has 0 N–H and O–H groups in total. The van der Waals surface area contributed by atoms with Crippen LogP contribution in [0, 0.1) is 27.2 Å². The predicted octanol–water partition coefficient (Wildman–Crippen LogP) is 2.01. The first kappa shape index (κ1) is 20.7. The Morgan fingerprint density at radius 3 is 2.34 bits per heavy atom. The van der Waals surface area contributed by atoms with Gasteiger partial charge in [-0.05, 0) is 23.5 Å². The molecule has 29 heavy (non-hydrogen) atoms. The zero-order chi connectivity index (χ0) is 21.1. The number of hydrogen-bond donors (Lipinski definition) is 0. The van der Waals surface area contributed by atoms with E-state index in [0.29, 0.717) is 37.7 Å². The van der Waals surface area contributed by atoms with Gasteiger partial charge in [-0.15, -0.1) is 0 Å². The van der Waals surface area contributed by atoms with Crippen LogP contribution in [-0.4, -0.2) is 61.5 Å². The molecule has 1 aliphatic heterocycles. The third-order valence-corrected chi connectivity index (χ3v) is 5.24. The van der Waals surface area contributed by atoms with E-state index >= 15 is 0 Å². The number of amides is 1. The second-order valence-electron chi connectivity index (χ2n) is 6.68. The summed E-state index contributed by atoms with van der Waals surface area (Å²) in [6.45, 7) is 3.99. The van der Waals surface area contributed by atoms with Crippen molar-refractivity contribution in [3.8, 4) is 0 Å². The molecular formula is C17H19ClN6O5. The van der Waals surface area contributed by atoms with E-state index in [0.717, 1.165) is 10.2 Å². The summed E-state index contributed by atoms with van der Waals surface area (Å²) in [5.41, 5.74) is 0.306. The van der Waals surface area contributed by atoms with E-state index < -0.39 is 21.4 Å². The molecule has 2 aromatic rings. The van der Waals surface area contributed by atoms with Crippen LogP contribution < -0.4 is 0 Å². The SMILES string of the molecule is Cc1c([N+](=O)[O-])c([N+](=O)[O-])nn1CC(=O)N1CCN(Cc2ccccc2Cl)CC1. The second-order valence-corrected chi connectivity index (χ2v) is 7.09. The van der Waals surface area contributed by atoms with E-state index in [1.165, 1.54) is 6.92 Å². The molecule has 154 valence electrons. The quantitative estimate of drug-likeness (QED) is 0.514. The van der Waals surface area contributed by atoms with Gasteiger partial charge in [-0.3, -0.25) is 19.8 Å². The number of benzene rings is 1. The summed E-state index contributed by atoms with van der Waals surface area (Å²) < 4.78 is 1.02. The maximum atomic E-state index is 12.6. The van der Waals surface area contributed by atoms with Crippen molar-refractivity contribution < 1.29 is 14.6 Å². The first-order valence-electron chi connectivity index (χ1n) is 8.87. The zero-order valence-electron chi connectivity index (χ0n) is 15.7. The molecule has 0 aliphatic carbocycles. The lowest BCUT2D eigenvalue weighted by Crippen LogP contribution is -2.49. The van der Waals surface area contributed by atoms with Gasteiger partial charge in [0, 0.05) is 37.7 Å². The normalized spacial score (nSPS) is 14.8. The van der Waals surface area contributed by atoms with Crippen molar-refractivity contribution >= 4 is 29.0 Å². The largest absolute Gasteiger partial charge is 0.468 e. The predicted molar refractivity (Wildman–Crippen MR) is 104 cm³/mol. The van der Waals surface area contributed by atoms with E-state index in [2.05, 4.69) is 10.00 Å². The van der Waals surface area contributed by atoms with Crippen LogP contribution in [0.4, 0.5) is 11.5 Å². The minimum atomic E-state index is -0.917. The highest BCUT2D eigenvalue weighted by Gasteiger charge is 2.36. The molecule has 0 unspecified atom stereocenters. The van der Waals surface area contributed by atoms with Gasteiger partial charge in [0.2, 0.25) is 5.91 Å². The average Bonchev–Trinajstić information content (AvgIpc) is 3.01. The highest BCUT2D eigenvalue weighted by atomic mass is 35.5. The van der Waals surface area contributed by atoms with Gasteiger partial charge < -0.3 is 15.0 Å². The van der Waals surface area contributed by atoms with Gasteiger partial charge in [-0.2, -0.15) is 4.68 Å². The monoisotopic (exact) mass is 422 g/mol. The van der Waals surface area contributed by atoms with E-state index in [1.807, 2.05) is 24.3 Å². The molecule has 2 heterocycles. The molecule has 11 nitrogen and oxygen atoms in total. The molecule has 1 fully saturated rings. The Hall–Kier alpha value is -3.05. The van der Waals surface area contributed by atoms with Crippen LogP contribution in [0.3, 0.4) is 0 Å². The van der Waals surface area contributed by atoms with Crippen LogP contribution in [0.1, 0.15) is 11.3 Å². The Kier molecular flexibility index (Phi) is 6.09. The van der Waals surface area contributed by atoms with E-state index in [9.17, 15) is 25.0 Å². The molecule has 0 atom stereocenters. The Bertz CT molecular complexity index is 954. The van der Waals surface area contributed by atoms with Crippen LogP contribution in [0.15, 0.2) is 24.3 Å². The Morgan fingerprint density at radius 2 is 1.79 bits per heavy atom. The van der Waals surface area contributed by atoms with Gasteiger partial charge in [0.1, 0.15) is 12.2 Å². The molecule has 12 heteroatoms. The fraction of sp³-hybridized carbons (Fsp3) is 0.412. The number of carbonyl (C=O) groups is 1. The first-order valence-corrected chi connectivity index (χ1v) is 9.25. The fourth-order valence-electron chi connectivity index (χ4n) is 3.26. The third kappa shape index (κ3) is 4.51. The highest BCUT2D eigenvalue weighted by molar-refractivity contribution is 6.31. The summed E-state index contributed by atoms with van der Waals surface area (Å²) in [5.74, 6) is -1.15. The van der Waals surface area contributed by atoms with Crippen molar-refractivity contribution in [3.05, 3.63) is 60.8 Å². The van der Waals surface area contributed by atoms with Crippen molar-refractivity contribution in [1.29, 1.82) is 0 Å². The topological polar surface area (TPSA) is 128 Å². The standard InChI is InChI=1S/C17H19ClN6O5/c1-12-16(23(26)27)17(24(28)29)19-22(12)11-15(25)21-8-6-20(7-9-21)10-13-4-2-3-5-14(13)18/h2-5H,6-11H2,1H3. The smallest absolute Gasteiger partial charge is 0.358 e. The molecule has 1 aromatic heterocycles. The molecule has 1 saturated heterocycles. The van der Waals surface area contributed by atoms with Crippen molar-refractivity contribution in [1.82, 2.24) is 19.6 Å². The average molecular weight is 423 g/mol. The minimum absolute atomic E-state index is 0.0209. The summed E-state index contributed by atoms with van der Waals surface area (Å²) in [6.07, 6.45) is 0. The van der Waals surface area contributed by atoms with Crippen LogP contribution in [0.25, 0.3) is 0 Å². The number of nitro groups is 2. The van der Waals surface area contributed by atoms with Gasteiger partial charge in [0.15, 0.2) is 0 Å². The number of hydrogen-bond acceptors (Lipinski definition) is 7. The number of rotatable bonds is 6. The molecule has 0 spiro atoms. The van der Waals surface area contributed by atoms with Crippen LogP contribution >= 0.6 is 11.6 Å². The Balaban J connectivity index is 1.62. The van der Waals surface area contributed by atoms with Gasteiger partial charge in [-0.25, -0.2) is 0 Å². The van der Waals surface area contributed by atoms with Crippen molar-refractivity contribution in [2.24, 2.45) is 0 Å². The first-order chi connectivity index (χ1) is 13.8. The minimum Gasteiger partial charge on any atom is -0.358 e. The van der Waals surface area contributed by atoms with Crippen LogP contribution in [-0.2, 0) is 17.9 Å². The highest BCUT2D eigenvalue weighted by Crippen LogP contribution is 2.29. The second kappa shape index (κ2) is 8.53. The number of piperazine rings is 1. The number of halogens is 1. The molecule has 0 radical (unpaired) electrons. The lowest BCUT2D eigenvalue weighted by molar-refractivity contribution is -0.424. The van der Waals surface area contributed by atoms with Gasteiger partial charge >= 0.3 is 11.5 Å². The van der Waals surface area contributed by atoms with Gasteiger partial charge in [0.25, 0.3) is 0 Å². The number of aromatic nitrogens is 2. The number of nitrogens with zero attached hydrogens (tertiary/aromatic N) is 6.